The van der Waals surface area contributed by atoms with Gasteiger partial charge < -0.3 is 9.64 Å². The van der Waals surface area contributed by atoms with E-state index in [1.807, 2.05) is 18.2 Å². The number of aromatic nitrogens is 3. The molecule has 3 saturated heterocycles. The lowest BCUT2D eigenvalue weighted by Crippen LogP contribution is -2.49. The van der Waals surface area contributed by atoms with E-state index in [4.69, 9.17) is 19.7 Å². The third-order valence-corrected chi connectivity index (χ3v) is 21.1. The number of benzene rings is 2. The highest BCUT2D eigenvalue weighted by molar-refractivity contribution is 6.90. The van der Waals surface area contributed by atoms with Gasteiger partial charge in [0.1, 0.15) is 43.7 Å². The predicted octanol–water partition coefficient (Wildman–Crippen LogP) is 10.4. The number of hydrogen-bond donors (Lipinski definition) is 0. The van der Waals surface area contributed by atoms with Crippen LogP contribution >= 0.6 is 0 Å². The molecular formula is C46H56F3N5OSi. The van der Waals surface area contributed by atoms with Gasteiger partial charge in [0.05, 0.1) is 22.2 Å². The van der Waals surface area contributed by atoms with E-state index in [-0.39, 0.29) is 35.8 Å². The maximum Gasteiger partial charge on any atom is 0.319 e. The van der Waals surface area contributed by atoms with Gasteiger partial charge in [0.15, 0.2) is 5.82 Å². The van der Waals surface area contributed by atoms with Gasteiger partial charge in [-0.1, -0.05) is 78.7 Å². The molecule has 0 spiro atoms. The number of pyridine rings is 1. The van der Waals surface area contributed by atoms with E-state index in [2.05, 4.69) is 69.7 Å². The Morgan fingerprint density at radius 3 is 2.52 bits per heavy atom. The predicted molar refractivity (Wildman–Crippen MR) is 221 cm³/mol. The number of anilines is 1. The maximum atomic E-state index is 17.7. The van der Waals surface area contributed by atoms with Crippen LogP contribution < -0.4 is 9.64 Å². The molecule has 0 unspecified atom stereocenters. The van der Waals surface area contributed by atoms with Crippen molar-refractivity contribution in [3.63, 3.8) is 0 Å². The summed E-state index contributed by atoms with van der Waals surface area (Å²) in [5.74, 6) is 4.45. The Hall–Kier alpha value is -3.68. The van der Waals surface area contributed by atoms with Gasteiger partial charge in [-0.3, -0.25) is 4.90 Å². The molecule has 6 nitrogen and oxygen atoms in total. The molecule has 2 bridgehead atoms. The molecule has 0 N–H and O–H groups in total. The van der Waals surface area contributed by atoms with Gasteiger partial charge in [0.25, 0.3) is 0 Å². The Morgan fingerprint density at radius 2 is 1.75 bits per heavy atom. The Bertz CT molecular complexity index is 2250. The van der Waals surface area contributed by atoms with E-state index in [0.717, 1.165) is 37.0 Å². The number of alkyl halides is 1. The molecule has 56 heavy (non-hydrogen) atoms. The normalized spacial score (nSPS) is 27.3. The minimum Gasteiger partial charge on any atom is -0.461 e. The Labute approximate surface area is 331 Å². The zero-order chi connectivity index (χ0) is 39.3. The number of fused-ring (bicyclic) bond motifs is 7. The van der Waals surface area contributed by atoms with E-state index >= 15 is 8.78 Å². The van der Waals surface area contributed by atoms with Crippen LogP contribution in [0.15, 0.2) is 30.3 Å². The molecule has 1 aliphatic carbocycles. The number of ether oxygens (including phenoxy) is 1. The van der Waals surface area contributed by atoms with Crippen molar-refractivity contribution in [1.82, 2.24) is 19.9 Å². The highest BCUT2D eigenvalue weighted by Crippen LogP contribution is 2.50. The molecule has 4 aromatic rings. The quantitative estimate of drug-likeness (QED) is 0.138. The van der Waals surface area contributed by atoms with Crippen molar-refractivity contribution < 1.29 is 17.9 Å². The SMILES string of the molecule is CC(C)[Si](C#Cc1c(F)ccc2cccc(-c3nc4c5c(nc(OC[C@@]67CCCN6C[C@H](F)C7)nc5c3F)N3C[C@H]5CC[C@H](C5)[C@@H]3[C@@H](C)C4)c12)(C(C)C)C(C)C. The standard InChI is InChI=1S/C46H56F3N5OSi/c1-26(2)56(27(3)4,28(5)6)19-16-34-36(48)15-14-31-10-8-11-35(38(31)34)41-40(49)42-39-37(50-41)20-29(7)43-32-13-12-30(21-32)23-54(43)44(39)52-45(51-42)55-25-46-17-9-18-53(46)24-33(47)22-46/h8,10-11,14-15,26-30,32-33,43H,9,12-13,17-18,20-25H2,1-7H3/t29-,30-,32+,33+,43-,46-/m0/s1. The lowest BCUT2D eigenvalue weighted by Gasteiger charge is -2.43. The summed E-state index contributed by atoms with van der Waals surface area (Å²) in [7, 11) is -2.23. The van der Waals surface area contributed by atoms with Gasteiger partial charge in [-0.2, -0.15) is 9.97 Å². The van der Waals surface area contributed by atoms with Crippen LogP contribution in [0, 0.1) is 40.9 Å². The van der Waals surface area contributed by atoms with Crippen molar-refractivity contribution in [2.45, 2.75) is 128 Å². The summed E-state index contributed by atoms with van der Waals surface area (Å²) in [6, 6.07) is 9.27. The number of piperidine rings is 1. The van der Waals surface area contributed by atoms with Crippen molar-refractivity contribution in [3.8, 4) is 28.7 Å². The molecular weight excluding hydrogens is 724 g/mol. The van der Waals surface area contributed by atoms with Crippen LogP contribution in [0.2, 0.25) is 16.6 Å². The number of halogens is 3. The fourth-order valence-corrected chi connectivity index (χ4v) is 17.6. The zero-order valence-corrected chi connectivity index (χ0v) is 35.1. The van der Waals surface area contributed by atoms with E-state index in [1.165, 1.54) is 25.3 Å². The van der Waals surface area contributed by atoms with Crippen molar-refractivity contribution in [2.24, 2.45) is 17.8 Å². The van der Waals surface area contributed by atoms with Crippen molar-refractivity contribution in [2.75, 3.05) is 31.1 Å². The van der Waals surface area contributed by atoms with Gasteiger partial charge in [0, 0.05) is 36.5 Å². The topological polar surface area (TPSA) is 54.4 Å². The van der Waals surface area contributed by atoms with E-state index < -0.39 is 31.4 Å². The highest BCUT2D eigenvalue weighted by atomic mass is 28.3. The molecule has 2 aromatic carbocycles. The molecule has 9 rings (SSSR count). The average Bonchev–Trinajstić information content (AvgIpc) is 3.80. The first kappa shape index (κ1) is 37.9. The summed E-state index contributed by atoms with van der Waals surface area (Å²) >= 11 is 0. The number of hydrogen-bond acceptors (Lipinski definition) is 6. The monoisotopic (exact) mass is 779 g/mol. The molecule has 0 amide bonds. The molecule has 2 aromatic heterocycles. The summed E-state index contributed by atoms with van der Waals surface area (Å²) in [6.45, 7) is 18.2. The second-order valence-electron chi connectivity index (χ2n) is 18.9. The Balaban J connectivity index is 1.24. The fourth-order valence-electron chi connectivity index (χ4n) is 12.4. The van der Waals surface area contributed by atoms with Crippen LogP contribution in [0.5, 0.6) is 6.01 Å². The third-order valence-electron chi connectivity index (χ3n) is 14.8. The smallest absolute Gasteiger partial charge is 0.319 e. The van der Waals surface area contributed by atoms with Gasteiger partial charge in [-0.15, -0.1) is 5.54 Å². The molecule has 10 heteroatoms. The van der Waals surface area contributed by atoms with Gasteiger partial charge in [-0.25, -0.2) is 18.2 Å². The van der Waals surface area contributed by atoms with Crippen LogP contribution in [0.3, 0.4) is 0 Å². The minimum absolute atomic E-state index is 0.122. The number of rotatable bonds is 7. The fraction of sp³-hybridized carbons (Fsp3) is 0.587. The first-order valence-corrected chi connectivity index (χ1v) is 23.5. The van der Waals surface area contributed by atoms with Crippen LogP contribution in [-0.4, -0.2) is 71.9 Å². The van der Waals surface area contributed by atoms with E-state index in [9.17, 15) is 4.39 Å². The van der Waals surface area contributed by atoms with E-state index in [1.54, 1.807) is 6.07 Å². The van der Waals surface area contributed by atoms with Crippen LogP contribution in [0.1, 0.15) is 98.2 Å². The van der Waals surface area contributed by atoms with Crippen LogP contribution in [0.25, 0.3) is 32.9 Å². The number of nitrogens with zero attached hydrogens (tertiary/aromatic N) is 5. The molecule has 1 saturated carbocycles. The van der Waals surface area contributed by atoms with Crippen LogP contribution in [0.4, 0.5) is 19.0 Å². The summed E-state index contributed by atoms with van der Waals surface area (Å²) in [6.07, 6.45) is 5.61. The Kier molecular flexibility index (Phi) is 9.47. The third kappa shape index (κ3) is 5.88. The second kappa shape index (κ2) is 14.0. The van der Waals surface area contributed by atoms with Crippen molar-refractivity contribution in [1.29, 1.82) is 0 Å². The van der Waals surface area contributed by atoms with Crippen molar-refractivity contribution in [3.05, 3.63) is 53.2 Å². The molecule has 4 fully saturated rings. The molecule has 0 radical (unpaired) electrons. The molecule has 5 aliphatic rings. The highest BCUT2D eigenvalue weighted by Gasteiger charge is 2.50. The molecule has 6 heterocycles. The summed E-state index contributed by atoms with van der Waals surface area (Å²) in [4.78, 5) is 19.8. The second-order valence-corrected chi connectivity index (χ2v) is 24.5. The average molecular weight is 780 g/mol. The van der Waals surface area contributed by atoms with Gasteiger partial charge in [-0.05, 0) is 90.9 Å². The van der Waals surface area contributed by atoms with Crippen LogP contribution in [-0.2, 0) is 6.42 Å². The Morgan fingerprint density at radius 1 is 0.964 bits per heavy atom. The first-order chi connectivity index (χ1) is 26.8. The van der Waals surface area contributed by atoms with Gasteiger partial charge >= 0.3 is 6.01 Å². The van der Waals surface area contributed by atoms with Crippen molar-refractivity contribution >= 4 is 35.6 Å². The van der Waals surface area contributed by atoms with E-state index in [0.29, 0.717) is 75.6 Å². The minimum atomic E-state index is -2.23. The van der Waals surface area contributed by atoms with Gasteiger partial charge in [0.2, 0.25) is 0 Å². The zero-order valence-electron chi connectivity index (χ0n) is 34.1. The summed E-state index contributed by atoms with van der Waals surface area (Å²) in [5, 5.41) is 2.00. The summed E-state index contributed by atoms with van der Waals surface area (Å²) < 4.78 is 55.2. The largest absolute Gasteiger partial charge is 0.461 e. The summed E-state index contributed by atoms with van der Waals surface area (Å²) in [5.41, 5.74) is 6.32. The lowest BCUT2D eigenvalue weighted by molar-refractivity contribution is 0.107. The molecule has 4 aliphatic heterocycles. The first-order valence-electron chi connectivity index (χ1n) is 21.2. The molecule has 296 valence electrons. The maximum absolute atomic E-state index is 17.7. The molecule has 6 atom stereocenters. The lowest BCUT2D eigenvalue weighted by atomic mass is 9.82.